The molecular formula is C20H20N2O2. The highest BCUT2D eigenvalue weighted by molar-refractivity contribution is 6.36. The summed E-state index contributed by atoms with van der Waals surface area (Å²) in [6.45, 7) is 5.92. The largest absolute Gasteiger partial charge is 0.350 e. The Kier molecular flexibility index (Phi) is 3.97. The summed E-state index contributed by atoms with van der Waals surface area (Å²) in [5.41, 5.74) is 5.50. The predicted octanol–water partition coefficient (Wildman–Crippen LogP) is 3.43. The van der Waals surface area contributed by atoms with Gasteiger partial charge in [0.15, 0.2) is 0 Å². The molecule has 4 heteroatoms. The van der Waals surface area contributed by atoms with Crippen molar-refractivity contribution in [2.75, 3.05) is 12.4 Å². The molecule has 0 aliphatic carbocycles. The van der Waals surface area contributed by atoms with E-state index in [-0.39, 0.29) is 11.8 Å². The highest BCUT2D eigenvalue weighted by atomic mass is 16.2. The zero-order valence-electron chi connectivity index (χ0n) is 14.3. The van der Waals surface area contributed by atoms with Gasteiger partial charge in [-0.2, -0.15) is 0 Å². The average molecular weight is 320 g/mol. The number of benzene rings is 2. The van der Waals surface area contributed by atoms with E-state index in [1.165, 1.54) is 7.05 Å². The van der Waals surface area contributed by atoms with E-state index in [4.69, 9.17) is 0 Å². The molecule has 1 heterocycles. The second-order valence-corrected chi connectivity index (χ2v) is 6.18. The van der Waals surface area contributed by atoms with Crippen molar-refractivity contribution >= 4 is 23.1 Å². The normalized spacial score (nSPS) is 14.6. The Hall–Kier alpha value is -2.88. The van der Waals surface area contributed by atoms with Crippen LogP contribution in [0, 0.1) is 20.8 Å². The molecule has 0 saturated carbocycles. The second-order valence-electron chi connectivity index (χ2n) is 6.18. The SMILES string of the molecule is Cc1ccc(C2=C(Nc3ccccc3C)C(=O)N(C)C2=O)c(C)c1. The molecular weight excluding hydrogens is 300 g/mol. The van der Waals surface area contributed by atoms with Crippen LogP contribution in [0.4, 0.5) is 5.69 Å². The number of rotatable bonds is 3. The van der Waals surface area contributed by atoms with Crippen LogP contribution in [0.3, 0.4) is 0 Å². The summed E-state index contributed by atoms with van der Waals surface area (Å²) in [6.07, 6.45) is 0. The van der Waals surface area contributed by atoms with Gasteiger partial charge in [-0.1, -0.05) is 42.0 Å². The van der Waals surface area contributed by atoms with E-state index < -0.39 is 0 Å². The maximum absolute atomic E-state index is 12.6. The molecule has 4 nitrogen and oxygen atoms in total. The van der Waals surface area contributed by atoms with Crippen LogP contribution in [0.25, 0.3) is 5.57 Å². The third-order valence-electron chi connectivity index (χ3n) is 4.34. The van der Waals surface area contributed by atoms with Crippen molar-refractivity contribution in [2.24, 2.45) is 0 Å². The number of aryl methyl sites for hydroxylation is 3. The van der Waals surface area contributed by atoms with Crippen molar-refractivity contribution in [3.63, 3.8) is 0 Å². The molecule has 0 bridgehead atoms. The molecule has 2 aromatic carbocycles. The molecule has 0 fully saturated rings. The molecule has 122 valence electrons. The molecule has 0 radical (unpaired) electrons. The minimum absolute atomic E-state index is 0.275. The number of para-hydroxylation sites is 1. The lowest BCUT2D eigenvalue weighted by molar-refractivity contribution is -0.135. The minimum atomic E-state index is -0.307. The summed E-state index contributed by atoms with van der Waals surface area (Å²) in [6, 6.07) is 13.6. The van der Waals surface area contributed by atoms with Gasteiger partial charge in [0.2, 0.25) is 0 Å². The predicted molar refractivity (Wildman–Crippen MR) is 95.4 cm³/mol. The van der Waals surface area contributed by atoms with Gasteiger partial charge in [0, 0.05) is 12.7 Å². The van der Waals surface area contributed by atoms with Gasteiger partial charge in [0.1, 0.15) is 5.70 Å². The van der Waals surface area contributed by atoms with Crippen LogP contribution < -0.4 is 5.32 Å². The highest BCUT2D eigenvalue weighted by Gasteiger charge is 2.37. The second kappa shape index (κ2) is 5.96. The van der Waals surface area contributed by atoms with Gasteiger partial charge >= 0.3 is 0 Å². The summed E-state index contributed by atoms with van der Waals surface area (Å²) in [5, 5.41) is 3.18. The third-order valence-corrected chi connectivity index (χ3v) is 4.34. The van der Waals surface area contributed by atoms with Crippen molar-refractivity contribution in [1.82, 2.24) is 4.90 Å². The van der Waals surface area contributed by atoms with Crippen LogP contribution in [0.1, 0.15) is 22.3 Å². The van der Waals surface area contributed by atoms with Crippen molar-refractivity contribution in [3.05, 3.63) is 70.4 Å². The fourth-order valence-corrected chi connectivity index (χ4v) is 2.95. The van der Waals surface area contributed by atoms with Crippen LogP contribution in [-0.2, 0) is 9.59 Å². The molecule has 0 aromatic heterocycles. The standard InChI is InChI=1S/C20H20N2O2/c1-12-9-10-15(14(3)11-12)17-18(20(24)22(4)19(17)23)21-16-8-6-5-7-13(16)2/h5-11,21H,1-4H3. The number of amides is 2. The number of imide groups is 1. The first-order valence-corrected chi connectivity index (χ1v) is 7.87. The lowest BCUT2D eigenvalue weighted by atomic mass is 9.97. The van der Waals surface area contributed by atoms with E-state index in [9.17, 15) is 9.59 Å². The molecule has 2 amide bonds. The van der Waals surface area contributed by atoms with E-state index in [2.05, 4.69) is 5.32 Å². The molecule has 1 aliphatic heterocycles. The first-order valence-electron chi connectivity index (χ1n) is 7.87. The first-order chi connectivity index (χ1) is 11.4. The lowest BCUT2D eigenvalue weighted by Gasteiger charge is -2.12. The Balaban J connectivity index is 2.16. The highest BCUT2D eigenvalue weighted by Crippen LogP contribution is 2.32. The van der Waals surface area contributed by atoms with E-state index >= 15 is 0 Å². The van der Waals surface area contributed by atoms with E-state index in [0.29, 0.717) is 11.3 Å². The Morgan fingerprint density at radius 3 is 2.25 bits per heavy atom. The molecule has 0 saturated heterocycles. The minimum Gasteiger partial charge on any atom is -0.350 e. The number of nitrogens with zero attached hydrogens (tertiary/aromatic N) is 1. The van der Waals surface area contributed by atoms with E-state index in [1.807, 2.05) is 63.2 Å². The summed E-state index contributed by atoms with van der Waals surface area (Å²) in [4.78, 5) is 26.4. The van der Waals surface area contributed by atoms with Gasteiger partial charge in [-0.05, 0) is 43.5 Å². The Labute approximate surface area is 141 Å². The number of carbonyl (C=O) groups is 2. The van der Waals surface area contributed by atoms with Crippen LogP contribution in [0.5, 0.6) is 0 Å². The number of nitrogens with one attached hydrogen (secondary N) is 1. The summed E-state index contributed by atoms with van der Waals surface area (Å²) < 4.78 is 0. The fraction of sp³-hybridized carbons (Fsp3) is 0.200. The molecule has 1 N–H and O–H groups in total. The molecule has 24 heavy (non-hydrogen) atoms. The summed E-state index contributed by atoms with van der Waals surface area (Å²) in [7, 11) is 1.51. The van der Waals surface area contributed by atoms with Crippen LogP contribution in [0.15, 0.2) is 48.2 Å². The van der Waals surface area contributed by atoms with Gasteiger partial charge in [-0.15, -0.1) is 0 Å². The summed E-state index contributed by atoms with van der Waals surface area (Å²) in [5.74, 6) is -0.582. The molecule has 1 aliphatic rings. The molecule has 2 aromatic rings. The maximum Gasteiger partial charge on any atom is 0.277 e. The van der Waals surface area contributed by atoms with Crippen molar-refractivity contribution in [2.45, 2.75) is 20.8 Å². The van der Waals surface area contributed by atoms with Gasteiger partial charge in [0.25, 0.3) is 11.8 Å². The number of anilines is 1. The Morgan fingerprint density at radius 1 is 0.875 bits per heavy atom. The van der Waals surface area contributed by atoms with Crippen molar-refractivity contribution in [3.8, 4) is 0 Å². The van der Waals surface area contributed by atoms with Crippen LogP contribution >= 0.6 is 0 Å². The van der Waals surface area contributed by atoms with Crippen LogP contribution in [-0.4, -0.2) is 23.8 Å². The van der Waals surface area contributed by atoms with E-state index in [1.54, 1.807) is 0 Å². The van der Waals surface area contributed by atoms with Gasteiger partial charge < -0.3 is 5.32 Å². The number of hydrogen-bond acceptors (Lipinski definition) is 3. The van der Waals surface area contributed by atoms with Gasteiger partial charge in [-0.3, -0.25) is 14.5 Å². The molecule has 0 unspecified atom stereocenters. The van der Waals surface area contributed by atoms with Crippen molar-refractivity contribution < 1.29 is 9.59 Å². The third kappa shape index (κ3) is 2.60. The zero-order chi connectivity index (χ0) is 17.4. The number of carbonyl (C=O) groups excluding carboxylic acids is 2. The Morgan fingerprint density at radius 2 is 1.58 bits per heavy atom. The maximum atomic E-state index is 12.6. The number of hydrogen-bond donors (Lipinski definition) is 1. The zero-order valence-corrected chi connectivity index (χ0v) is 14.3. The fourth-order valence-electron chi connectivity index (χ4n) is 2.95. The quantitative estimate of drug-likeness (QED) is 0.882. The lowest BCUT2D eigenvalue weighted by Crippen LogP contribution is -2.28. The Bertz CT molecular complexity index is 881. The first kappa shape index (κ1) is 16.0. The van der Waals surface area contributed by atoms with E-state index in [0.717, 1.165) is 32.8 Å². The molecule has 3 rings (SSSR count). The van der Waals surface area contributed by atoms with Crippen molar-refractivity contribution in [1.29, 1.82) is 0 Å². The molecule has 0 spiro atoms. The molecule has 0 atom stereocenters. The number of likely N-dealkylation sites (N-methyl/N-ethyl adjacent to an activating group) is 1. The monoisotopic (exact) mass is 320 g/mol. The van der Waals surface area contributed by atoms with Gasteiger partial charge in [0.05, 0.1) is 5.57 Å². The van der Waals surface area contributed by atoms with Gasteiger partial charge in [-0.25, -0.2) is 0 Å². The van der Waals surface area contributed by atoms with Crippen LogP contribution in [0.2, 0.25) is 0 Å². The topological polar surface area (TPSA) is 49.4 Å². The summed E-state index contributed by atoms with van der Waals surface area (Å²) >= 11 is 0. The smallest absolute Gasteiger partial charge is 0.277 e. The average Bonchev–Trinajstić information content (AvgIpc) is 2.75.